The second kappa shape index (κ2) is 8.19. The lowest BCUT2D eigenvalue weighted by Crippen LogP contribution is -2.61. The Morgan fingerprint density at radius 2 is 1.78 bits per heavy atom. The van der Waals surface area contributed by atoms with E-state index in [1.54, 1.807) is 7.11 Å². The molecule has 1 aliphatic rings. The summed E-state index contributed by atoms with van der Waals surface area (Å²) in [5, 5.41) is 2.01. The summed E-state index contributed by atoms with van der Waals surface area (Å²) >= 11 is 0. The van der Waals surface area contributed by atoms with Crippen LogP contribution in [-0.4, -0.2) is 41.4 Å². The maximum atomic E-state index is 12.8. The molecule has 1 fully saturated rings. The molecule has 27 heavy (non-hydrogen) atoms. The van der Waals surface area contributed by atoms with E-state index in [0.29, 0.717) is 6.42 Å². The van der Waals surface area contributed by atoms with E-state index in [4.69, 9.17) is 14.3 Å². The first-order valence-electron chi connectivity index (χ1n) is 9.79. The smallest absolute Gasteiger partial charge is 0.347 e. The van der Waals surface area contributed by atoms with Crippen LogP contribution in [0.3, 0.4) is 0 Å². The van der Waals surface area contributed by atoms with Gasteiger partial charge in [0.2, 0.25) is 0 Å². The summed E-state index contributed by atoms with van der Waals surface area (Å²) in [4.78, 5) is 18.4. The number of esters is 1. The molecule has 1 saturated heterocycles. The van der Waals surface area contributed by atoms with E-state index in [1.165, 1.54) is 5.56 Å². The Labute approximate surface area is 163 Å². The van der Waals surface area contributed by atoms with Gasteiger partial charge in [-0.2, -0.15) is 5.06 Å². The fourth-order valence-electron chi connectivity index (χ4n) is 4.37. The van der Waals surface area contributed by atoms with Crippen LogP contribution in [-0.2, 0) is 14.4 Å². The van der Waals surface area contributed by atoms with Gasteiger partial charge < -0.3 is 14.3 Å². The largest absolute Gasteiger partial charge is 0.478 e. The topological polar surface area (TPSA) is 48.0 Å². The van der Waals surface area contributed by atoms with Crippen molar-refractivity contribution >= 4 is 5.97 Å². The molecule has 1 aliphatic heterocycles. The Morgan fingerprint density at radius 3 is 2.26 bits per heavy atom. The zero-order valence-electron chi connectivity index (χ0n) is 18.1. The van der Waals surface area contributed by atoms with E-state index < -0.39 is 6.10 Å². The van der Waals surface area contributed by atoms with Crippen LogP contribution < -0.4 is 4.74 Å². The molecule has 0 aromatic heterocycles. The maximum Gasteiger partial charge on any atom is 0.347 e. The third kappa shape index (κ3) is 5.02. The van der Waals surface area contributed by atoms with Gasteiger partial charge in [-0.05, 0) is 59.6 Å². The molecule has 1 aromatic carbocycles. The number of hydrogen-bond donors (Lipinski definition) is 0. The average molecular weight is 378 g/mol. The van der Waals surface area contributed by atoms with Gasteiger partial charge in [0.25, 0.3) is 0 Å². The minimum atomic E-state index is -0.599. The molecule has 0 aliphatic carbocycles. The quantitative estimate of drug-likeness (QED) is 0.679. The summed E-state index contributed by atoms with van der Waals surface area (Å²) in [5.74, 6) is 0.444. The molecule has 2 rings (SSSR count). The number of benzene rings is 1. The van der Waals surface area contributed by atoms with Gasteiger partial charge in [-0.15, -0.1) is 0 Å². The van der Waals surface area contributed by atoms with Crippen molar-refractivity contribution in [3.8, 4) is 5.75 Å². The predicted octanol–water partition coefficient (Wildman–Crippen LogP) is 4.59. The molecule has 0 spiro atoms. The number of carbonyl (C=O) groups excluding carboxylic acids is 1. The van der Waals surface area contributed by atoms with Crippen molar-refractivity contribution in [2.75, 3.05) is 7.11 Å². The number of hydrogen-bond acceptors (Lipinski definition) is 5. The second-order valence-electron chi connectivity index (χ2n) is 8.85. The highest BCUT2D eigenvalue weighted by molar-refractivity contribution is 5.75. The molecule has 1 aromatic rings. The summed E-state index contributed by atoms with van der Waals surface area (Å²) in [6.07, 6.45) is 1.24. The van der Waals surface area contributed by atoms with E-state index in [1.807, 2.05) is 38.0 Å². The molecule has 5 heteroatoms. The molecule has 152 valence electrons. The second-order valence-corrected chi connectivity index (χ2v) is 8.85. The maximum absolute atomic E-state index is 12.8. The Bertz CT molecular complexity index is 650. The Morgan fingerprint density at radius 1 is 1.19 bits per heavy atom. The van der Waals surface area contributed by atoms with E-state index in [2.05, 4.69) is 33.8 Å². The molecule has 0 N–H and O–H groups in total. The van der Waals surface area contributed by atoms with Gasteiger partial charge in [0.05, 0.1) is 7.11 Å². The Hall–Kier alpha value is -1.59. The third-order valence-electron chi connectivity index (χ3n) is 5.25. The Kier molecular flexibility index (Phi) is 6.59. The molecular weight excluding hydrogens is 342 g/mol. The molecule has 0 bridgehead atoms. The number of ether oxygens (including phenoxy) is 2. The highest BCUT2D eigenvalue weighted by Crippen LogP contribution is 2.39. The lowest BCUT2D eigenvalue weighted by molar-refractivity contribution is -0.278. The Balaban J connectivity index is 2.08. The number of piperidine rings is 1. The first-order valence-corrected chi connectivity index (χ1v) is 9.79. The average Bonchev–Trinajstić information content (AvgIpc) is 2.52. The van der Waals surface area contributed by atoms with Crippen molar-refractivity contribution in [2.45, 2.75) is 91.0 Å². The monoisotopic (exact) mass is 377 g/mol. The minimum absolute atomic E-state index is 0.161. The fraction of sp³-hybridized carbons (Fsp3) is 0.682. The van der Waals surface area contributed by atoms with Crippen LogP contribution in [0.25, 0.3) is 0 Å². The number of hydroxylamine groups is 2. The predicted molar refractivity (Wildman–Crippen MR) is 107 cm³/mol. The first-order chi connectivity index (χ1) is 12.5. The van der Waals surface area contributed by atoms with E-state index in [9.17, 15) is 4.79 Å². The summed E-state index contributed by atoms with van der Waals surface area (Å²) < 4.78 is 11.9. The van der Waals surface area contributed by atoms with Crippen molar-refractivity contribution in [3.05, 3.63) is 29.3 Å². The van der Waals surface area contributed by atoms with Gasteiger partial charge in [0.15, 0.2) is 6.10 Å². The lowest BCUT2D eigenvalue weighted by atomic mass is 9.80. The van der Waals surface area contributed by atoms with Gasteiger partial charge in [0, 0.05) is 23.9 Å². The van der Waals surface area contributed by atoms with Crippen LogP contribution in [0.2, 0.25) is 0 Å². The van der Waals surface area contributed by atoms with Crippen LogP contribution in [0.15, 0.2) is 18.2 Å². The molecule has 1 heterocycles. The van der Waals surface area contributed by atoms with Crippen molar-refractivity contribution in [3.63, 3.8) is 0 Å². The first kappa shape index (κ1) is 21.7. The molecule has 5 nitrogen and oxygen atoms in total. The normalized spacial score (nSPS) is 20.9. The fourth-order valence-corrected chi connectivity index (χ4v) is 4.37. The van der Waals surface area contributed by atoms with E-state index in [-0.39, 0.29) is 23.2 Å². The minimum Gasteiger partial charge on any atom is -0.478 e. The standard InChI is InChI=1S/C22H35NO4/c1-9-18(27-19-11-10-15(2)12-16(19)3)20(24)26-17-13-21(4,5)23(25-8)22(6,7)14-17/h10-12,17-18H,9,13-14H2,1-8H3. The summed E-state index contributed by atoms with van der Waals surface area (Å²) in [7, 11) is 1.70. The number of aryl methyl sites for hydroxylation is 2. The van der Waals surface area contributed by atoms with Crippen LogP contribution in [0.5, 0.6) is 5.75 Å². The summed E-state index contributed by atoms with van der Waals surface area (Å²) in [5.41, 5.74) is 1.75. The molecule has 1 atom stereocenters. The summed E-state index contributed by atoms with van der Waals surface area (Å²) in [6.45, 7) is 14.4. The highest BCUT2D eigenvalue weighted by Gasteiger charge is 2.47. The van der Waals surface area contributed by atoms with Crippen LogP contribution in [0.4, 0.5) is 0 Å². The lowest BCUT2D eigenvalue weighted by Gasteiger charge is -2.52. The SMILES string of the molecule is CCC(Oc1ccc(C)cc1C)C(=O)OC1CC(C)(C)N(OC)C(C)(C)C1. The highest BCUT2D eigenvalue weighted by atomic mass is 16.7. The van der Waals surface area contributed by atoms with Gasteiger partial charge in [-0.25, -0.2) is 4.79 Å². The van der Waals surface area contributed by atoms with Crippen LogP contribution >= 0.6 is 0 Å². The molecule has 0 saturated carbocycles. The van der Waals surface area contributed by atoms with Gasteiger partial charge in [-0.3, -0.25) is 0 Å². The van der Waals surface area contributed by atoms with Crippen molar-refractivity contribution in [2.24, 2.45) is 0 Å². The van der Waals surface area contributed by atoms with Crippen LogP contribution in [0, 0.1) is 13.8 Å². The van der Waals surface area contributed by atoms with Crippen LogP contribution in [0.1, 0.15) is 65.0 Å². The van der Waals surface area contributed by atoms with Crippen molar-refractivity contribution < 1.29 is 19.1 Å². The van der Waals surface area contributed by atoms with E-state index >= 15 is 0 Å². The van der Waals surface area contributed by atoms with Gasteiger partial charge >= 0.3 is 5.97 Å². The number of carbonyl (C=O) groups is 1. The zero-order chi connectivity index (χ0) is 20.4. The van der Waals surface area contributed by atoms with Crippen molar-refractivity contribution in [1.82, 2.24) is 5.06 Å². The van der Waals surface area contributed by atoms with E-state index in [0.717, 1.165) is 24.2 Å². The number of nitrogens with zero attached hydrogens (tertiary/aromatic N) is 1. The van der Waals surface area contributed by atoms with Gasteiger partial charge in [0.1, 0.15) is 11.9 Å². The molecular formula is C22H35NO4. The molecule has 1 unspecified atom stereocenters. The van der Waals surface area contributed by atoms with Gasteiger partial charge in [-0.1, -0.05) is 24.6 Å². The molecule has 0 radical (unpaired) electrons. The number of rotatable bonds is 6. The zero-order valence-corrected chi connectivity index (χ0v) is 18.1. The molecule has 0 amide bonds. The third-order valence-corrected chi connectivity index (χ3v) is 5.25. The van der Waals surface area contributed by atoms with Crippen molar-refractivity contribution in [1.29, 1.82) is 0 Å². The summed E-state index contributed by atoms with van der Waals surface area (Å²) in [6, 6.07) is 5.97.